The largest absolute Gasteiger partial charge is 0.486 e. The zero-order valence-electron chi connectivity index (χ0n) is 14.0. The number of hydrogen-bond acceptors (Lipinski definition) is 5. The van der Waals surface area contributed by atoms with E-state index in [9.17, 15) is 4.79 Å². The van der Waals surface area contributed by atoms with Gasteiger partial charge in [-0.05, 0) is 30.7 Å². The minimum Gasteiger partial charge on any atom is -0.486 e. The van der Waals surface area contributed by atoms with Gasteiger partial charge in [0.2, 0.25) is 5.91 Å². The van der Waals surface area contributed by atoms with Crippen molar-refractivity contribution in [1.29, 1.82) is 0 Å². The fourth-order valence-electron chi connectivity index (χ4n) is 3.60. The van der Waals surface area contributed by atoms with Crippen molar-refractivity contribution in [3.05, 3.63) is 54.6 Å². The summed E-state index contributed by atoms with van der Waals surface area (Å²) in [6.45, 7) is 1.91. The van der Waals surface area contributed by atoms with Gasteiger partial charge in [-0.25, -0.2) is 0 Å². The predicted molar refractivity (Wildman–Crippen MR) is 91.1 cm³/mol. The number of carbonyl (C=O) groups is 1. The molecule has 2 aliphatic heterocycles. The number of ether oxygens (including phenoxy) is 2. The minimum atomic E-state index is -0.271. The van der Waals surface area contributed by atoms with Crippen molar-refractivity contribution in [2.75, 3.05) is 19.7 Å². The second-order valence-electron chi connectivity index (χ2n) is 6.69. The number of amides is 1. The van der Waals surface area contributed by atoms with Crippen LogP contribution in [0.5, 0.6) is 5.75 Å². The van der Waals surface area contributed by atoms with Gasteiger partial charge in [-0.2, -0.15) is 0 Å². The van der Waals surface area contributed by atoms with Gasteiger partial charge in [0.25, 0.3) is 0 Å². The van der Waals surface area contributed by atoms with E-state index in [1.165, 1.54) is 0 Å². The Bertz CT molecular complexity index is 725. The molecule has 130 valence electrons. The molecule has 2 aromatic rings. The van der Waals surface area contributed by atoms with Gasteiger partial charge in [-0.1, -0.05) is 6.07 Å². The summed E-state index contributed by atoms with van der Waals surface area (Å²) in [5.41, 5.74) is 0.533. The summed E-state index contributed by atoms with van der Waals surface area (Å²) in [6, 6.07) is 9.40. The van der Waals surface area contributed by atoms with Gasteiger partial charge in [0, 0.05) is 37.6 Å². The van der Waals surface area contributed by atoms with Crippen LogP contribution < -0.4 is 4.74 Å². The first kappa shape index (κ1) is 16.0. The van der Waals surface area contributed by atoms with E-state index in [2.05, 4.69) is 9.97 Å². The van der Waals surface area contributed by atoms with Crippen molar-refractivity contribution in [3.8, 4) is 5.75 Å². The number of pyridine rings is 2. The van der Waals surface area contributed by atoms with E-state index in [0.29, 0.717) is 19.6 Å². The maximum Gasteiger partial charge on any atom is 0.228 e. The Labute approximate surface area is 146 Å². The van der Waals surface area contributed by atoms with Crippen LogP contribution in [0.3, 0.4) is 0 Å². The van der Waals surface area contributed by atoms with Crippen LogP contribution >= 0.6 is 0 Å². The predicted octanol–water partition coefficient (Wildman–Crippen LogP) is 1.86. The Morgan fingerprint density at radius 3 is 3.08 bits per heavy atom. The SMILES string of the molecule is O=C(Cc1ccccn1)N1CC[C@@]2(C[C@@H](Oc3cccnc3)CO2)C1. The molecule has 1 amide bonds. The lowest BCUT2D eigenvalue weighted by atomic mass is 9.98. The Morgan fingerprint density at radius 2 is 2.28 bits per heavy atom. The summed E-state index contributed by atoms with van der Waals surface area (Å²) in [5, 5.41) is 0. The molecule has 0 aromatic carbocycles. The molecular formula is C19H21N3O3. The molecule has 1 spiro atoms. The van der Waals surface area contributed by atoms with Crippen LogP contribution in [0.1, 0.15) is 18.5 Å². The van der Waals surface area contributed by atoms with Crippen LogP contribution in [0.15, 0.2) is 48.9 Å². The monoisotopic (exact) mass is 339 g/mol. The van der Waals surface area contributed by atoms with Crippen LogP contribution in [0.2, 0.25) is 0 Å². The Morgan fingerprint density at radius 1 is 1.32 bits per heavy atom. The molecule has 0 N–H and O–H groups in total. The summed E-state index contributed by atoms with van der Waals surface area (Å²) in [6.07, 6.45) is 7.16. The van der Waals surface area contributed by atoms with Crippen molar-refractivity contribution in [2.45, 2.75) is 31.0 Å². The first-order valence-electron chi connectivity index (χ1n) is 8.61. The Balaban J connectivity index is 1.33. The molecule has 6 heteroatoms. The molecule has 2 fully saturated rings. The number of nitrogens with zero attached hydrogens (tertiary/aromatic N) is 3. The van der Waals surface area contributed by atoms with Crippen molar-refractivity contribution < 1.29 is 14.3 Å². The molecule has 4 rings (SSSR count). The molecule has 0 unspecified atom stereocenters. The van der Waals surface area contributed by atoms with Gasteiger partial charge in [-0.3, -0.25) is 14.8 Å². The highest BCUT2D eigenvalue weighted by Gasteiger charge is 2.47. The lowest BCUT2D eigenvalue weighted by molar-refractivity contribution is -0.130. The normalized spacial score (nSPS) is 25.4. The van der Waals surface area contributed by atoms with Crippen LogP contribution in [-0.4, -0.2) is 52.2 Å². The minimum absolute atomic E-state index is 0.00930. The van der Waals surface area contributed by atoms with E-state index in [4.69, 9.17) is 9.47 Å². The van der Waals surface area contributed by atoms with Gasteiger partial charge in [0.05, 0.1) is 24.8 Å². The maximum atomic E-state index is 12.5. The summed E-state index contributed by atoms with van der Waals surface area (Å²) in [4.78, 5) is 22.7. The fourth-order valence-corrected chi connectivity index (χ4v) is 3.60. The molecule has 0 aliphatic carbocycles. The van der Waals surface area contributed by atoms with E-state index in [-0.39, 0.29) is 17.6 Å². The van der Waals surface area contributed by atoms with Crippen molar-refractivity contribution in [2.24, 2.45) is 0 Å². The Kier molecular flexibility index (Phi) is 4.36. The molecule has 2 saturated heterocycles. The van der Waals surface area contributed by atoms with E-state index in [1.54, 1.807) is 18.6 Å². The summed E-state index contributed by atoms with van der Waals surface area (Å²) in [5.74, 6) is 0.866. The van der Waals surface area contributed by atoms with Gasteiger partial charge >= 0.3 is 0 Å². The second-order valence-corrected chi connectivity index (χ2v) is 6.69. The lowest BCUT2D eigenvalue weighted by Crippen LogP contribution is -2.37. The summed E-state index contributed by atoms with van der Waals surface area (Å²) < 4.78 is 12.0. The number of aromatic nitrogens is 2. The topological polar surface area (TPSA) is 64.6 Å². The third kappa shape index (κ3) is 3.64. The highest BCUT2D eigenvalue weighted by molar-refractivity contribution is 5.78. The third-order valence-corrected chi connectivity index (χ3v) is 4.84. The lowest BCUT2D eigenvalue weighted by Gasteiger charge is -2.23. The number of rotatable bonds is 4. The molecule has 2 aromatic heterocycles. The third-order valence-electron chi connectivity index (χ3n) is 4.84. The van der Waals surface area contributed by atoms with Gasteiger partial charge < -0.3 is 14.4 Å². The van der Waals surface area contributed by atoms with Crippen LogP contribution in [0.4, 0.5) is 0 Å². The molecule has 0 bridgehead atoms. The zero-order valence-corrected chi connectivity index (χ0v) is 14.0. The van der Waals surface area contributed by atoms with E-state index in [0.717, 1.165) is 30.8 Å². The van der Waals surface area contributed by atoms with Gasteiger partial charge in [0.1, 0.15) is 11.9 Å². The van der Waals surface area contributed by atoms with Crippen LogP contribution in [-0.2, 0) is 16.0 Å². The average Bonchev–Trinajstić information content (AvgIpc) is 3.24. The van der Waals surface area contributed by atoms with Crippen LogP contribution in [0.25, 0.3) is 0 Å². The Hall–Kier alpha value is -2.47. The quantitative estimate of drug-likeness (QED) is 0.851. The second kappa shape index (κ2) is 6.80. The molecule has 4 heterocycles. The first-order valence-corrected chi connectivity index (χ1v) is 8.61. The van der Waals surface area contributed by atoms with Crippen molar-refractivity contribution >= 4 is 5.91 Å². The molecule has 25 heavy (non-hydrogen) atoms. The van der Waals surface area contributed by atoms with E-state index in [1.807, 2.05) is 35.2 Å². The van der Waals surface area contributed by atoms with Crippen molar-refractivity contribution in [1.82, 2.24) is 14.9 Å². The van der Waals surface area contributed by atoms with E-state index >= 15 is 0 Å². The molecule has 2 atom stereocenters. The maximum absolute atomic E-state index is 12.5. The molecule has 0 radical (unpaired) electrons. The van der Waals surface area contributed by atoms with Gasteiger partial charge in [-0.15, -0.1) is 0 Å². The first-order chi connectivity index (χ1) is 12.2. The molecule has 6 nitrogen and oxygen atoms in total. The highest BCUT2D eigenvalue weighted by atomic mass is 16.6. The summed E-state index contributed by atoms with van der Waals surface area (Å²) >= 11 is 0. The van der Waals surface area contributed by atoms with Crippen molar-refractivity contribution in [3.63, 3.8) is 0 Å². The average molecular weight is 339 g/mol. The van der Waals surface area contributed by atoms with Gasteiger partial charge in [0.15, 0.2) is 0 Å². The fraction of sp³-hybridized carbons (Fsp3) is 0.421. The smallest absolute Gasteiger partial charge is 0.228 e. The van der Waals surface area contributed by atoms with Crippen LogP contribution in [0, 0.1) is 0 Å². The highest BCUT2D eigenvalue weighted by Crippen LogP contribution is 2.36. The molecular weight excluding hydrogens is 318 g/mol. The number of carbonyl (C=O) groups excluding carboxylic acids is 1. The number of likely N-dealkylation sites (tertiary alicyclic amines) is 1. The standard InChI is InChI=1S/C19H21N3O3/c23-18(10-15-4-1-2-8-21-15)22-9-6-19(14-22)11-17(13-24-19)25-16-5-3-7-20-12-16/h1-5,7-8,12,17H,6,9-11,13-14H2/t17-,19-/m1/s1. The zero-order chi connectivity index (χ0) is 17.1. The number of hydrogen-bond donors (Lipinski definition) is 0. The molecule has 0 saturated carbocycles. The summed E-state index contributed by atoms with van der Waals surface area (Å²) in [7, 11) is 0. The molecule has 2 aliphatic rings. The van der Waals surface area contributed by atoms with E-state index < -0.39 is 0 Å².